The van der Waals surface area contributed by atoms with Crippen LogP contribution in [0.25, 0.3) is 10.9 Å². The highest BCUT2D eigenvalue weighted by Gasteiger charge is 1.96. The predicted octanol–water partition coefficient (Wildman–Crippen LogP) is 2.12. The monoisotopic (exact) mass is 189 g/mol. The number of nitrogens with zero attached hydrogens (tertiary/aromatic N) is 4. The lowest BCUT2D eigenvalue weighted by molar-refractivity contribution is 0.408. The van der Waals surface area contributed by atoms with Gasteiger partial charge in [-0.25, -0.2) is 0 Å². The molecule has 1 aromatic carbocycles. The minimum atomic E-state index is 0.815. The summed E-state index contributed by atoms with van der Waals surface area (Å²) in [5.74, 6) is 0. The average Bonchev–Trinajstić information content (AvgIpc) is 2.61. The van der Waals surface area contributed by atoms with Crippen LogP contribution in [-0.2, 0) is 0 Å². The van der Waals surface area contributed by atoms with Gasteiger partial charge in [-0.1, -0.05) is 5.22 Å². The zero-order valence-electron chi connectivity index (χ0n) is 8.10. The van der Waals surface area contributed by atoms with E-state index in [0.717, 1.165) is 16.6 Å². The molecular formula is C9H11N5. The molecule has 0 amide bonds. The summed E-state index contributed by atoms with van der Waals surface area (Å²) in [6.07, 6.45) is 1.78. The highest BCUT2D eigenvalue weighted by molar-refractivity contribution is 5.80. The Morgan fingerprint density at radius 2 is 2.21 bits per heavy atom. The van der Waals surface area contributed by atoms with Crippen LogP contribution in [0.3, 0.4) is 0 Å². The summed E-state index contributed by atoms with van der Waals surface area (Å²) < 4.78 is 0. The van der Waals surface area contributed by atoms with Gasteiger partial charge in [0.2, 0.25) is 0 Å². The van der Waals surface area contributed by atoms with E-state index in [2.05, 4.69) is 20.5 Å². The van der Waals surface area contributed by atoms with Crippen molar-refractivity contribution in [2.24, 2.45) is 10.3 Å². The fourth-order valence-corrected chi connectivity index (χ4v) is 1.13. The number of hydrogen-bond donors (Lipinski definition) is 1. The van der Waals surface area contributed by atoms with E-state index in [0.29, 0.717) is 0 Å². The summed E-state index contributed by atoms with van der Waals surface area (Å²) in [6, 6.07) is 5.78. The highest BCUT2D eigenvalue weighted by atomic mass is 15.5. The number of hydrogen-bond acceptors (Lipinski definition) is 3. The number of nitrogens with one attached hydrogen (secondary N) is 1. The Labute approximate surface area is 81.4 Å². The van der Waals surface area contributed by atoms with Crippen LogP contribution in [0.15, 0.2) is 34.7 Å². The normalized spacial score (nSPS) is 11.3. The van der Waals surface area contributed by atoms with E-state index < -0.39 is 0 Å². The van der Waals surface area contributed by atoms with Gasteiger partial charge in [0.05, 0.1) is 17.4 Å². The zero-order valence-corrected chi connectivity index (χ0v) is 8.10. The first kappa shape index (κ1) is 8.68. The summed E-state index contributed by atoms with van der Waals surface area (Å²) >= 11 is 0. The first-order valence-electron chi connectivity index (χ1n) is 4.28. The van der Waals surface area contributed by atoms with Crippen LogP contribution in [0.1, 0.15) is 0 Å². The van der Waals surface area contributed by atoms with Gasteiger partial charge >= 0.3 is 0 Å². The van der Waals surface area contributed by atoms with Crippen LogP contribution in [0.2, 0.25) is 0 Å². The summed E-state index contributed by atoms with van der Waals surface area (Å²) in [7, 11) is 3.66. The Bertz CT molecular complexity index is 457. The molecule has 14 heavy (non-hydrogen) atoms. The van der Waals surface area contributed by atoms with Crippen molar-refractivity contribution in [2.45, 2.75) is 0 Å². The maximum Gasteiger partial charge on any atom is 0.0895 e. The second kappa shape index (κ2) is 3.45. The molecule has 0 spiro atoms. The number of benzene rings is 1. The SMILES string of the molecule is CN(C)N=Nc1ccc2cn[nH]c2c1. The van der Waals surface area contributed by atoms with Crippen molar-refractivity contribution in [3.63, 3.8) is 0 Å². The van der Waals surface area contributed by atoms with E-state index in [1.165, 1.54) is 0 Å². The molecule has 0 unspecified atom stereocenters. The van der Waals surface area contributed by atoms with Gasteiger partial charge in [0.15, 0.2) is 0 Å². The molecule has 2 aromatic rings. The Kier molecular flexibility index (Phi) is 2.14. The van der Waals surface area contributed by atoms with Crippen LogP contribution in [0.4, 0.5) is 5.69 Å². The van der Waals surface area contributed by atoms with Crippen LogP contribution >= 0.6 is 0 Å². The van der Waals surface area contributed by atoms with Gasteiger partial charge in [-0.2, -0.15) is 5.10 Å². The van der Waals surface area contributed by atoms with Gasteiger partial charge < -0.3 is 0 Å². The highest BCUT2D eigenvalue weighted by Crippen LogP contribution is 2.19. The molecule has 1 N–H and O–H groups in total. The zero-order chi connectivity index (χ0) is 9.97. The lowest BCUT2D eigenvalue weighted by atomic mass is 10.2. The summed E-state index contributed by atoms with van der Waals surface area (Å²) in [5.41, 5.74) is 1.79. The van der Waals surface area contributed by atoms with E-state index in [9.17, 15) is 0 Å². The molecule has 0 aliphatic carbocycles. The van der Waals surface area contributed by atoms with Crippen LogP contribution in [0.5, 0.6) is 0 Å². The number of fused-ring (bicyclic) bond motifs is 1. The van der Waals surface area contributed by atoms with Gasteiger partial charge in [0, 0.05) is 19.5 Å². The maximum atomic E-state index is 4.04. The molecule has 0 bridgehead atoms. The molecule has 0 radical (unpaired) electrons. The molecule has 1 heterocycles. The molecule has 0 saturated heterocycles. The van der Waals surface area contributed by atoms with Crippen molar-refractivity contribution in [2.75, 3.05) is 14.1 Å². The molecule has 0 aliphatic heterocycles. The smallest absolute Gasteiger partial charge is 0.0895 e. The number of rotatable bonds is 2. The molecule has 0 aliphatic rings. The molecule has 72 valence electrons. The van der Waals surface area contributed by atoms with Crippen molar-refractivity contribution in [3.8, 4) is 0 Å². The third-order valence-corrected chi connectivity index (χ3v) is 1.76. The molecular weight excluding hydrogens is 178 g/mol. The van der Waals surface area contributed by atoms with Crippen molar-refractivity contribution in [1.82, 2.24) is 15.2 Å². The van der Waals surface area contributed by atoms with E-state index in [1.807, 2.05) is 32.3 Å². The largest absolute Gasteiger partial charge is 0.285 e. The second-order valence-corrected chi connectivity index (χ2v) is 3.18. The Balaban J connectivity index is 2.34. The van der Waals surface area contributed by atoms with Gasteiger partial charge in [-0.3, -0.25) is 10.1 Å². The van der Waals surface area contributed by atoms with E-state index in [4.69, 9.17) is 0 Å². The average molecular weight is 189 g/mol. The number of aromatic amines is 1. The van der Waals surface area contributed by atoms with E-state index in [1.54, 1.807) is 11.2 Å². The molecule has 1 aromatic heterocycles. The third-order valence-electron chi connectivity index (χ3n) is 1.76. The number of aromatic nitrogens is 2. The van der Waals surface area contributed by atoms with Crippen molar-refractivity contribution in [3.05, 3.63) is 24.4 Å². The fourth-order valence-electron chi connectivity index (χ4n) is 1.13. The molecule has 0 atom stereocenters. The molecule has 0 fully saturated rings. The summed E-state index contributed by atoms with van der Waals surface area (Å²) in [4.78, 5) is 0. The quantitative estimate of drug-likeness (QED) is 0.581. The Morgan fingerprint density at radius 1 is 1.36 bits per heavy atom. The van der Waals surface area contributed by atoms with Gasteiger partial charge in [-0.05, 0) is 18.2 Å². The summed E-state index contributed by atoms with van der Waals surface area (Å²) in [5, 5.41) is 17.5. The first-order valence-corrected chi connectivity index (χ1v) is 4.28. The minimum Gasteiger partial charge on any atom is -0.285 e. The standard InChI is InChI=1S/C9H11N5/c1-14(2)13-11-8-4-3-7-6-10-12-9(7)5-8/h3-6H,1-2H3,(H,10,12). The van der Waals surface area contributed by atoms with E-state index >= 15 is 0 Å². The van der Waals surface area contributed by atoms with Gasteiger partial charge in [0.25, 0.3) is 0 Å². The van der Waals surface area contributed by atoms with Crippen LogP contribution < -0.4 is 0 Å². The molecule has 5 heteroatoms. The molecule has 2 rings (SSSR count). The maximum absolute atomic E-state index is 4.04. The van der Waals surface area contributed by atoms with Crippen molar-refractivity contribution in [1.29, 1.82) is 0 Å². The lowest BCUT2D eigenvalue weighted by Gasteiger charge is -1.99. The Morgan fingerprint density at radius 3 is 3.00 bits per heavy atom. The van der Waals surface area contributed by atoms with Crippen molar-refractivity contribution < 1.29 is 0 Å². The first-order chi connectivity index (χ1) is 6.75. The lowest BCUT2D eigenvalue weighted by Crippen LogP contribution is -1.98. The van der Waals surface area contributed by atoms with Crippen molar-refractivity contribution >= 4 is 16.6 Å². The summed E-state index contributed by atoms with van der Waals surface area (Å²) in [6.45, 7) is 0. The molecule has 0 saturated carbocycles. The second-order valence-electron chi connectivity index (χ2n) is 3.18. The Hall–Kier alpha value is -1.91. The third kappa shape index (κ3) is 1.71. The topological polar surface area (TPSA) is 56.6 Å². The number of H-pyrrole nitrogens is 1. The fraction of sp³-hybridized carbons (Fsp3) is 0.222. The van der Waals surface area contributed by atoms with Gasteiger partial charge in [0.1, 0.15) is 0 Å². The van der Waals surface area contributed by atoms with Crippen LogP contribution in [0, 0.1) is 0 Å². The van der Waals surface area contributed by atoms with Gasteiger partial charge in [-0.15, -0.1) is 5.11 Å². The van der Waals surface area contributed by atoms with Crippen LogP contribution in [-0.4, -0.2) is 29.3 Å². The predicted molar refractivity (Wildman–Crippen MR) is 54.3 cm³/mol. The van der Waals surface area contributed by atoms with E-state index in [-0.39, 0.29) is 0 Å². The minimum absolute atomic E-state index is 0.815. The molecule has 5 nitrogen and oxygen atoms in total.